The second kappa shape index (κ2) is 6.81. The summed E-state index contributed by atoms with van der Waals surface area (Å²) in [5, 5.41) is 3.03. The van der Waals surface area contributed by atoms with Crippen molar-refractivity contribution in [2.24, 2.45) is 0 Å². The molecule has 0 atom stereocenters. The summed E-state index contributed by atoms with van der Waals surface area (Å²) in [6, 6.07) is 0. The van der Waals surface area contributed by atoms with E-state index in [-0.39, 0.29) is 12.4 Å². The van der Waals surface area contributed by atoms with E-state index in [0.717, 1.165) is 29.9 Å². The van der Waals surface area contributed by atoms with E-state index >= 15 is 0 Å². The van der Waals surface area contributed by atoms with Gasteiger partial charge in [-0.1, -0.05) is 0 Å². The van der Waals surface area contributed by atoms with Gasteiger partial charge in [0.2, 0.25) is 0 Å². The summed E-state index contributed by atoms with van der Waals surface area (Å²) in [6.07, 6.45) is -3.53. The molecule has 0 amide bonds. The minimum absolute atomic E-state index is 0.229. The second-order valence-electron chi connectivity index (χ2n) is 4.25. The number of halogens is 3. The van der Waals surface area contributed by atoms with Crippen molar-refractivity contribution in [2.75, 3.05) is 20.2 Å². The molecule has 0 unspecified atom stereocenters. The minimum Gasteiger partial charge on any atom is -0.364 e. The Balaban J connectivity index is 2.67. The largest absolute Gasteiger partial charge is 0.411 e. The maximum Gasteiger partial charge on any atom is 0.411 e. The molecule has 0 aliphatic carbocycles. The van der Waals surface area contributed by atoms with Crippen LogP contribution in [0.15, 0.2) is 0 Å². The Morgan fingerprint density at radius 3 is 2.21 bits per heavy atom. The molecule has 1 aromatic heterocycles. The van der Waals surface area contributed by atoms with Crippen LogP contribution >= 0.6 is 0 Å². The van der Waals surface area contributed by atoms with Gasteiger partial charge in [0, 0.05) is 11.4 Å². The Labute approximate surface area is 110 Å². The van der Waals surface area contributed by atoms with Crippen molar-refractivity contribution in [1.82, 2.24) is 15.3 Å². The van der Waals surface area contributed by atoms with Crippen LogP contribution in [0, 0.1) is 13.8 Å². The van der Waals surface area contributed by atoms with Crippen LogP contribution in [0.4, 0.5) is 13.2 Å². The Bertz CT molecular complexity index is 398. The third kappa shape index (κ3) is 5.52. The number of rotatable bonds is 6. The summed E-state index contributed by atoms with van der Waals surface area (Å²) in [6.45, 7) is 2.94. The molecule has 0 aliphatic rings. The molecule has 1 N–H and O–H groups in total. The fraction of sp³-hybridized carbons (Fsp3) is 0.667. The van der Waals surface area contributed by atoms with Gasteiger partial charge in [-0.2, -0.15) is 13.2 Å². The van der Waals surface area contributed by atoms with Crippen molar-refractivity contribution in [3.63, 3.8) is 0 Å². The molecule has 0 aliphatic heterocycles. The zero-order chi connectivity index (χ0) is 14.5. The fourth-order valence-corrected chi connectivity index (χ4v) is 1.74. The molecule has 0 radical (unpaired) electrons. The van der Waals surface area contributed by atoms with Crippen molar-refractivity contribution in [3.05, 3.63) is 22.8 Å². The lowest BCUT2D eigenvalue weighted by Gasteiger charge is -2.11. The number of likely N-dealkylation sites (N-methyl/N-ethyl adjacent to an activating group) is 1. The Morgan fingerprint density at radius 2 is 1.74 bits per heavy atom. The SMILES string of the molecule is CNCCc1c(C)nc(COCC(F)(F)F)nc1C. The van der Waals surface area contributed by atoms with Crippen LogP contribution in [-0.4, -0.2) is 36.3 Å². The number of hydrogen-bond acceptors (Lipinski definition) is 4. The minimum atomic E-state index is -4.32. The maximum atomic E-state index is 11.9. The molecule has 4 nitrogen and oxygen atoms in total. The first-order chi connectivity index (χ1) is 8.83. The van der Waals surface area contributed by atoms with Gasteiger partial charge in [0.1, 0.15) is 13.2 Å². The summed E-state index contributed by atoms with van der Waals surface area (Å²) < 4.78 is 40.4. The summed E-state index contributed by atoms with van der Waals surface area (Å²) in [7, 11) is 1.85. The van der Waals surface area contributed by atoms with E-state index in [1.807, 2.05) is 20.9 Å². The first-order valence-electron chi connectivity index (χ1n) is 5.95. The van der Waals surface area contributed by atoms with Crippen LogP contribution in [-0.2, 0) is 17.8 Å². The molecular weight excluding hydrogens is 259 g/mol. The standard InChI is InChI=1S/C12H18F3N3O/c1-8-10(4-5-16-3)9(2)18-11(17-8)6-19-7-12(13,14)15/h16H,4-7H2,1-3H3. The Hall–Kier alpha value is -1.21. The van der Waals surface area contributed by atoms with E-state index < -0.39 is 12.8 Å². The van der Waals surface area contributed by atoms with Crippen molar-refractivity contribution < 1.29 is 17.9 Å². The number of aryl methyl sites for hydroxylation is 2. The number of alkyl halides is 3. The zero-order valence-electron chi connectivity index (χ0n) is 11.3. The molecule has 0 fully saturated rings. The predicted molar refractivity (Wildman–Crippen MR) is 64.8 cm³/mol. The van der Waals surface area contributed by atoms with Gasteiger partial charge in [-0.15, -0.1) is 0 Å². The number of aromatic nitrogens is 2. The number of nitrogens with zero attached hydrogens (tertiary/aromatic N) is 2. The average Bonchev–Trinajstić information content (AvgIpc) is 2.26. The van der Waals surface area contributed by atoms with Gasteiger partial charge >= 0.3 is 6.18 Å². The first-order valence-corrected chi connectivity index (χ1v) is 5.95. The highest BCUT2D eigenvalue weighted by Crippen LogP contribution is 2.16. The smallest absolute Gasteiger partial charge is 0.364 e. The summed E-state index contributed by atoms with van der Waals surface area (Å²) in [5.74, 6) is 0.285. The van der Waals surface area contributed by atoms with Gasteiger partial charge in [-0.05, 0) is 39.4 Å². The van der Waals surface area contributed by atoms with Crippen molar-refractivity contribution in [2.45, 2.75) is 33.1 Å². The highest BCUT2D eigenvalue weighted by molar-refractivity contribution is 5.24. The highest BCUT2D eigenvalue weighted by Gasteiger charge is 2.27. The van der Waals surface area contributed by atoms with E-state index in [1.165, 1.54) is 0 Å². The van der Waals surface area contributed by atoms with Gasteiger partial charge in [-0.25, -0.2) is 9.97 Å². The third-order valence-corrected chi connectivity index (χ3v) is 2.59. The van der Waals surface area contributed by atoms with Crippen molar-refractivity contribution in [3.8, 4) is 0 Å². The van der Waals surface area contributed by atoms with Gasteiger partial charge < -0.3 is 10.1 Å². The maximum absolute atomic E-state index is 11.9. The van der Waals surface area contributed by atoms with Crippen LogP contribution in [0.1, 0.15) is 22.8 Å². The normalized spacial score (nSPS) is 11.9. The number of nitrogens with one attached hydrogen (secondary N) is 1. The van der Waals surface area contributed by atoms with Gasteiger partial charge in [0.05, 0.1) is 0 Å². The van der Waals surface area contributed by atoms with E-state index in [1.54, 1.807) is 0 Å². The van der Waals surface area contributed by atoms with Crippen LogP contribution < -0.4 is 5.32 Å². The molecule has 0 spiro atoms. The predicted octanol–water partition coefficient (Wildman–Crippen LogP) is 1.93. The zero-order valence-corrected chi connectivity index (χ0v) is 11.3. The van der Waals surface area contributed by atoms with E-state index in [4.69, 9.17) is 0 Å². The number of hydrogen-bond donors (Lipinski definition) is 1. The quantitative estimate of drug-likeness (QED) is 0.863. The molecule has 0 aromatic carbocycles. The lowest BCUT2D eigenvalue weighted by atomic mass is 10.1. The van der Waals surface area contributed by atoms with E-state index in [9.17, 15) is 13.2 Å². The lowest BCUT2D eigenvalue weighted by Crippen LogP contribution is -2.18. The third-order valence-electron chi connectivity index (χ3n) is 2.59. The molecule has 108 valence electrons. The Kier molecular flexibility index (Phi) is 5.68. The van der Waals surface area contributed by atoms with E-state index in [2.05, 4.69) is 20.0 Å². The molecule has 19 heavy (non-hydrogen) atoms. The highest BCUT2D eigenvalue weighted by atomic mass is 19.4. The molecule has 1 heterocycles. The molecule has 0 saturated carbocycles. The molecule has 1 rings (SSSR count). The van der Waals surface area contributed by atoms with Crippen molar-refractivity contribution >= 4 is 0 Å². The second-order valence-corrected chi connectivity index (χ2v) is 4.25. The number of ether oxygens (including phenoxy) is 1. The van der Waals surface area contributed by atoms with Crippen LogP contribution in [0.3, 0.4) is 0 Å². The molecular formula is C12H18F3N3O. The molecule has 0 saturated heterocycles. The summed E-state index contributed by atoms with van der Waals surface area (Å²) in [5.41, 5.74) is 2.59. The molecule has 1 aromatic rings. The lowest BCUT2D eigenvalue weighted by molar-refractivity contribution is -0.177. The molecule has 0 bridgehead atoms. The van der Waals surface area contributed by atoms with Crippen molar-refractivity contribution in [1.29, 1.82) is 0 Å². The van der Waals surface area contributed by atoms with Gasteiger partial charge in [0.25, 0.3) is 0 Å². The van der Waals surface area contributed by atoms with Crippen LogP contribution in [0.5, 0.6) is 0 Å². The first kappa shape index (κ1) is 15.8. The van der Waals surface area contributed by atoms with E-state index in [0.29, 0.717) is 0 Å². The Morgan fingerprint density at radius 1 is 1.16 bits per heavy atom. The average molecular weight is 277 g/mol. The monoisotopic (exact) mass is 277 g/mol. The molecule has 7 heteroatoms. The van der Waals surface area contributed by atoms with Crippen LogP contribution in [0.25, 0.3) is 0 Å². The van der Waals surface area contributed by atoms with Gasteiger partial charge in [0.15, 0.2) is 5.82 Å². The summed E-state index contributed by atoms with van der Waals surface area (Å²) in [4.78, 5) is 8.35. The van der Waals surface area contributed by atoms with Gasteiger partial charge in [-0.3, -0.25) is 0 Å². The summed E-state index contributed by atoms with van der Waals surface area (Å²) >= 11 is 0. The fourth-order valence-electron chi connectivity index (χ4n) is 1.74. The van der Waals surface area contributed by atoms with Crippen LogP contribution in [0.2, 0.25) is 0 Å². The topological polar surface area (TPSA) is 47.0 Å².